The van der Waals surface area contributed by atoms with Gasteiger partial charge in [0.05, 0.1) is 32.0 Å². The number of carbonyl (C=O) groups excluding carboxylic acids is 1. The van der Waals surface area contributed by atoms with Gasteiger partial charge in [0.25, 0.3) is 0 Å². The number of esters is 1. The Morgan fingerprint density at radius 2 is 2.24 bits per heavy atom. The van der Waals surface area contributed by atoms with Crippen molar-refractivity contribution in [2.45, 2.75) is 6.54 Å². The lowest BCUT2D eigenvalue weighted by Gasteiger charge is -2.02. The van der Waals surface area contributed by atoms with Crippen molar-refractivity contribution >= 4 is 17.0 Å². The maximum atomic E-state index is 11.3. The molecule has 0 aliphatic rings. The maximum absolute atomic E-state index is 11.3. The standard InChI is InChI=1S/C11H13N3O3/c1-16-6-5-14-10-4-3-8(11(15)17-2)13-9(10)7-12-14/h3-4,7H,5-6H2,1-2H3. The predicted molar refractivity (Wildman–Crippen MR) is 60.7 cm³/mol. The van der Waals surface area contributed by atoms with Crippen LogP contribution in [0.15, 0.2) is 18.3 Å². The Bertz CT molecular complexity index is 536. The molecule has 17 heavy (non-hydrogen) atoms. The number of fused-ring (bicyclic) bond motifs is 1. The van der Waals surface area contributed by atoms with Crippen LogP contribution in [0.2, 0.25) is 0 Å². The molecular weight excluding hydrogens is 222 g/mol. The quantitative estimate of drug-likeness (QED) is 0.735. The van der Waals surface area contributed by atoms with Crippen molar-refractivity contribution in [2.24, 2.45) is 0 Å². The minimum atomic E-state index is -0.448. The lowest BCUT2D eigenvalue weighted by molar-refractivity contribution is 0.0594. The van der Waals surface area contributed by atoms with Crippen molar-refractivity contribution in [1.82, 2.24) is 14.8 Å². The van der Waals surface area contributed by atoms with Crippen LogP contribution in [0, 0.1) is 0 Å². The fraction of sp³-hybridized carbons (Fsp3) is 0.364. The van der Waals surface area contributed by atoms with Crippen LogP contribution in [-0.2, 0) is 16.0 Å². The molecule has 0 aliphatic carbocycles. The van der Waals surface area contributed by atoms with Gasteiger partial charge in [0, 0.05) is 7.11 Å². The van der Waals surface area contributed by atoms with Crippen molar-refractivity contribution in [1.29, 1.82) is 0 Å². The van der Waals surface area contributed by atoms with Crippen LogP contribution in [-0.4, -0.2) is 41.6 Å². The number of methoxy groups -OCH3 is 2. The lowest BCUT2D eigenvalue weighted by Crippen LogP contribution is -2.06. The Labute approximate surface area is 98.2 Å². The molecule has 2 aromatic heterocycles. The highest BCUT2D eigenvalue weighted by atomic mass is 16.5. The lowest BCUT2D eigenvalue weighted by atomic mass is 10.3. The predicted octanol–water partition coefficient (Wildman–Crippen LogP) is 0.864. The van der Waals surface area contributed by atoms with Gasteiger partial charge in [0.2, 0.25) is 0 Å². The molecule has 6 nitrogen and oxygen atoms in total. The van der Waals surface area contributed by atoms with Crippen LogP contribution in [0.1, 0.15) is 10.5 Å². The number of hydrogen-bond acceptors (Lipinski definition) is 5. The first kappa shape index (κ1) is 11.5. The minimum Gasteiger partial charge on any atom is -0.464 e. The smallest absolute Gasteiger partial charge is 0.356 e. The number of pyridine rings is 1. The number of carbonyl (C=O) groups is 1. The van der Waals surface area contributed by atoms with Gasteiger partial charge >= 0.3 is 5.97 Å². The molecule has 2 rings (SSSR count). The second-order valence-corrected chi connectivity index (χ2v) is 3.45. The Balaban J connectivity index is 2.34. The molecule has 0 fully saturated rings. The summed E-state index contributed by atoms with van der Waals surface area (Å²) < 4.78 is 11.4. The van der Waals surface area contributed by atoms with Gasteiger partial charge < -0.3 is 9.47 Å². The average Bonchev–Trinajstić information content (AvgIpc) is 2.77. The molecule has 6 heteroatoms. The Morgan fingerprint density at radius 1 is 1.41 bits per heavy atom. The monoisotopic (exact) mass is 235 g/mol. The van der Waals surface area contributed by atoms with Gasteiger partial charge in [-0.2, -0.15) is 5.10 Å². The summed E-state index contributed by atoms with van der Waals surface area (Å²) >= 11 is 0. The van der Waals surface area contributed by atoms with E-state index in [1.165, 1.54) is 7.11 Å². The van der Waals surface area contributed by atoms with Gasteiger partial charge in [-0.15, -0.1) is 0 Å². The van der Waals surface area contributed by atoms with Crippen LogP contribution < -0.4 is 0 Å². The molecule has 0 bridgehead atoms. The SMILES string of the molecule is COCCn1ncc2nc(C(=O)OC)ccc21. The fourth-order valence-corrected chi connectivity index (χ4v) is 1.54. The average molecular weight is 235 g/mol. The highest BCUT2D eigenvalue weighted by Gasteiger charge is 2.10. The summed E-state index contributed by atoms with van der Waals surface area (Å²) in [5.41, 5.74) is 1.82. The Kier molecular flexibility index (Phi) is 3.34. The zero-order chi connectivity index (χ0) is 12.3. The third-order valence-electron chi connectivity index (χ3n) is 2.40. The van der Waals surface area contributed by atoms with E-state index in [-0.39, 0.29) is 5.69 Å². The van der Waals surface area contributed by atoms with Gasteiger partial charge in [-0.25, -0.2) is 9.78 Å². The highest BCUT2D eigenvalue weighted by Crippen LogP contribution is 2.12. The third kappa shape index (κ3) is 2.26. The van der Waals surface area contributed by atoms with Crippen LogP contribution in [0.3, 0.4) is 0 Å². The van der Waals surface area contributed by atoms with Crippen LogP contribution in [0.4, 0.5) is 0 Å². The highest BCUT2D eigenvalue weighted by molar-refractivity contribution is 5.90. The number of hydrogen-bond donors (Lipinski definition) is 0. The maximum Gasteiger partial charge on any atom is 0.356 e. The summed E-state index contributed by atoms with van der Waals surface area (Å²) in [5.74, 6) is -0.448. The molecule has 2 aromatic rings. The zero-order valence-corrected chi connectivity index (χ0v) is 9.71. The summed E-state index contributed by atoms with van der Waals surface area (Å²) in [6.45, 7) is 1.23. The summed E-state index contributed by atoms with van der Waals surface area (Å²) in [4.78, 5) is 15.5. The van der Waals surface area contributed by atoms with Crippen molar-refractivity contribution < 1.29 is 14.3 Å². The van der Waals surface area contributed by atoms with Gasteiger partial charge in [0.15, 0.2) is 0 Å². The molecule has 90 valence electrons. The summed E-state index contributed by atoms with van der Waals surface area (Å²) in [5, 5.41) is 4.18. The zero-order valence-electron chi connectivity index (χ0n) is 9.71. The number of aromatic nitrogens is 3. The molecular formula is C11H13N3O3. The van der Waals surface area contributed by atoms with Crippen molar-refractivity contribution in [3.8, 4) is 0 Å². The van der Waals surface area contributed by atoms with E-state index in [4.69, 9.17) is 4.74 Å². The Morgan fingerprint density at radius 3 is 2.94 bits per heavy atom. The number of rotatable bonds is 4. The molecule has 2 heterocycles. The van der Waals surface area contributed by atoms with E-state index < -0.39 is 5.97 Å². The molecule has 0 atom stereocenters. The first-order chi connectivity index (χ1) is 8.26. The summed E-state index contributed by atoms with van der Waals surface area (Å²) in [6, 6.07) is 3.43. The molecule has 0 radical (unpaired) electrons. The first-order valence-electron chi connectivity index (χ1n) is 5.16. The molecule has 0 unspecified atom stereocenters. The first-order valence-corrected chi connectivity index (χ1v) is 5.16. The molecule has 0 saturated heterocycles. The van der Waals surface area contributed by atoms with E-state index >= 15 is 0 Å². The molecule has 0 spiro atoms. The second kappa shape index (κ2) is 4.92. The van der Waals surface area contributed by atoms with Crippen molar-refractivity contribution in [3.63, 3.8) is 0 Å². The summed E-state index contributed by atoms with van der Waals surface area (Å²) in [6.07, 6.45) is 1.62. The normalized spacial score (nSPS) is 10.7. The van der Waals surface area contributed by atoms with E-state index in [9.17, 15) is 4.79 Å². The van der Waals surface area contributed by atoms with Crippen molar-refractivity contribution in [2.75, 3.05) is 20.8 Å². The van der Waals surface area contributed by atoms with Gasteiger partial charge in [-0.3, -0.25) is 4.68 Å². The minimum absolute atomic E-state index is 0.284. The molecule has 0 amide bonds. The fourth-order valence-electron chi connectivity index (χ4n) is 1.54. The van der Waals surface area contributed by atoms with E-state index in [1.807, 2.05) is 0 Å². The Hall–Kier alpha value is -1.95. The van der Waals surface area contributed by atoms with E-state index in [0.717, 1.165) is 5.52 Å². The van der Waals surface area contributed by atoms with Gasteiger partial charge in [0.1, 0.15) is 11.2 Å². The largest absolute Gasteiger partial charge is 0.464 e. The van der Waals surface area contributed by atoms with E-state index in [0.29, 0.717) is 18.7 Å². The van der Waals surface area contributed by atoms with Gasteiger partial charge in [-0.05, 0) is 12.1 Å². The molecule has 0 aliphatic heterocycles. The van der Waals surface area contributed by atoms with Crippen LogP contribution in [0.5, 0.6) is 0 Å². The molecule has 0 N–H and O–H groups in total. The van der Waals surface area contributed by atoms with E-state index in [1.54, 1.807) is 30.1 Å². The van der Waals surface area contributed by atoms with Crippen LogP contribution in [0.25, 0.3) is 11.0 Å². The second-order valence-electron chi connectivity index (χ2n) is 3.45. The van der Waals surface area contributed by atoms with E-state index in [2.05, 4.69) is 14.8 Å². The number of nitrogens with zero attached hydrogens (tertiary/aromatic N) is 3. The molecule has 0 aromatic carbocycles. The van der Waals surface area contributed by atoms with Gasteiger partial charge in [-0.1, -0.05) is 0 Å². The van der Waals surface area contributed by atoms with Crippen molar-refractivity contribution in [3.05, 3.63) is 24.0 Å². The summed E-state index contributed by atoms with van der Waals surface area (Å²) in [7, 11) is 2.97. The van der Waals surface area contributed by atoms with Crippen LogP contribution >= 0.6 is 0 Å². The topological polar surface area (TPSA) is 66.2 Å². The molecule has 0 saturated carbocycles. The third-order valence-corrected chi connectivity index (χ3v) is 2.40. The number of ether oxygens (including phenoxy) is 2.